The SMILES string of the molecule is CCOC(=O)CCc1ccc(O)c(Cl)c1Cl. The number of hydrogen-bond acceptors (Lipinski definition) is 3. The van der Waals surface area contributed by atoms with Crippen LogP contribution in [-0.2, 0) is 16.0 Å². The minimum atomic E-state index is -0.275. The van der Waals surface area contributed by atoms with E-state index in [0.717, 1.165) is 5.56 Å². The van der Waals surface area contributed by atoms with Crippen LogP contribution in [0.25, 0.3) is 0 Å². The van der Waals surface area contributed by atoms with Crippen LogP contribution in [0.1, 0.15) is 18.9 Å². The van der Waals surface area contributed by atoms with E-state index < -0.39 is 0 Å². The predicted octanol–water partition coefficient (Wildman–Crippen LogP) is 3.19. The summed E-state index contributed by atoms with van der Waals surface area (Å²) in [7, 11) is 0. The van der Waals surface area contributed by atoms with E-state index in [1.54, 1.807) is 13.0 Å². The first-order valence-corrected chi connectivity index (χ1v) is 5.63. The first-order valence-electron chi connectivity index (χ1n) is 4.87. The number of phenols is 1. The standard InChI is InChI=1S/C11H12Cl2O3/c1-2-16-9(15)6-4-7-3-5-8(14)11(13)10(7)12/h3,5,14H,2,4,6H2,1H3. The maximum absolute atomic E-state index is 11.1. The molecule has 1 N–H and O–H groups in total. The van der Waals surface area contributed by atoms with Crippen molar-refractivity contribution in [3.8, 4) is 5.75 Å². The van der Waals surface area contributed by atoms with Crippen molar-refractivity contribution in [2.24, 2.45) is 0 Å². The lowest BCUT2D eigenvalue weighted by molar-refractivity contribution is -0.143. The Morgan fingerprint density at radius 2 is 2.06 bits per heavy atom. The van der Waals surface area contributed by atoms with E-state index in [2.05, 4.69) is 0 Å². The van der Waals surface area contributed by atoms with Crippen LogP contribution in [0.5, 0.6) is 5.75 Å². The molecule has 0 unspecified atom stereocenters. The molecule has 0 saturated heterocycles. The molecule has 0 saturated carbocycles. The quantitative estimate of drug-likeness (QED) is 0.848. The number of aryl methyl sites for hydroxylation is 1. The second-order valence-corrected chi connectivity index (χ2v) is 3.93. The summed E-state index contributed by atoms with van der Waals surface area (Å²) in [6, 6.07) is 3.09. The maximum atomic E-state index is 11.1. The van der Waals surface area contributed by atoms with Crippen molar-refractivity contribution in [1.82, 2.24) is 0 Å². The summed E-state index contributed by atoms with van der Waals surface area (Å²) >= 11 is 11.7. The minimum Gasteiger partial charge on any atom is -0.506 e. The van der Waals surface area contributed by atoms with Crippen LogP contribution in [-0.4, -0.2) is 17.7 Å². The van der Waals surface area contributed by atoms with Crippen LogP contribution in [0, 0.1) is 0 Å². The van der Waals surface area contributed by atoms with Gasteiger partial charge in [0.25, 0.3) is 0 Å². The molecule has 0 fully saturated rings. The molecule has 0 atom stereocenters. The molecule has 3 nitrogen and oxygen atoms in total. The Balaban J connectivity index is 2.68. The summed E-state index contributed by atoms with van der Waals surface area (Å²) in [4.78, 5) is 11.1. The second kappa shape index (κ2) is 5.97. The number of benzene rings is 1. The normalized spacial score (nSPS) is 10.2. The summed E-state index contributed by atoms with van der Waals surface area (Å²) in [5.74, 6) is -0.339. The largest absolute Gasteiger partial charge is 0.506 e. The Hall–Kier alpha value is -0.930. The highest BCUT2D eigenvalue weighted by molar-refractivity contribution is 6.43. The van der Waals surface area contributed by atoms with Gasteiger partial charge in [0.2, 0.25) is 0 Å². The van der Waals surface area contributed by atoms with E-state index >= 15 is 0 Å². The molecule has 0 aliphatic carbocycles. The number of carbonyl (C=O) groups is 1. The Kier molecular flexibility index (Phi) is 4.90. The van der Waals surface area contributed by atoms with Crippen molar-refractivity contribution in [3.63, 3.8) is 0 Å². The fourth-order valence-corrected chi connectivity index (χ4v) is 1.68. The fraction of sp³-hybridized carbons (Fsp3) is 0.364. The molecule has 88 valence electrons. The van der Waals surface area contributed by atoms with E-state index in [1.165, 1.54) is 6.07 Å². The predicted molar refractivity (Wildman–Crippen MR) is 63.1 cm³/mol. The Morgan fingerprint density at radius 1 is 1.38 bits per heavy atom. The number of aromatic hydroxyl groups is 1. The van der Waals surface area contributed by atoms with E-state index in [4.69, 9.17) is 27.9 Å². The van der Waals surface area contributed by atoms with E-state index in [-0.39, 0.29) is 28.2 Å². The van der Waals surface area contributed by atoms with Crippen LogP contribution < -0.4 is 0 Å². The van der Waals surface area contributed by atoms with Crippen molar-refractivity contribution in [1.29, 1.82) is 0 Å². The lowest BCUT2D eigenvalue weighted by atomic mass is 10.1. The smallest absolute Gasteiger partial charge is 0.306 e. The van der Waals surface area contributed by atoms with Crippen LogP contribution in [0.4, 0.5) is 0 Å². The van der Waals surface area contributed by atoms with Crippen molar-refractivity contribution in [3.05, 3.63) is 27.7 Å². The third kappa shape index (κ3) is 3.29. The third-order valence-electron chi connectivity index (χ3n) is 2.05. The molecule has 0 bridgehead atoms. The van der Waals surface area contributed by atoms with Gasteiger partial charge in [-0.3, -0.25) is 4.79 Å². The van der Waals surface area contributed by atoms with Gasteiger partial charge in [-0.25, -0.2) is 0 Å². The topological polar surface area (TPSA) is 46.5 Å². The lowest BCUT2D eigenvalue weighted by Gasteiger charge is -2.06. The molecule has 0 amide bonds. The van der Waals surface area contributed by atoms with Crippen LogP contribution in [0.2, 0.25) is 10.0 Å². The van der Waals surface area contributed by atoms with Crippen molar-refractivity contribution in [2.75, 3.05) is 6.61 Å². The summed E-state index contributed by atoms with van der Waals surface area (Å²) in [5, 5.41) is 9.68. The Labute approximate surface area is 104 Å². The molecule has 0 aromatic heterocycles. The number of halogens is 2. The Bertz CT molecular complexity index is 391. The first-order chi connectivity index (χ1) is 7.56. The third-order valence-corrected chi connectivity index (χ3v) is 2.96. The molecular weight excluding hydrogens is 251 g/mol. The molecule has 0 aliphatic heterocycles. The van der Waals surface area contributed by atoms with Gasteiger partial charge >= 0.3 is 5.97 Å². The van der Waals surface area contributed by atoms with Gasteiger partial charge in [0.15, 0.2) is 0 Å². The number of hydrogen-bond donors (Lipinski definition) is 1. The highest BCUT2D eigenvalue weighted by Crippen LogP contribution is 2.34. The van der Waals surface area contributed by atoms with Crippen LogP contribution >= 0.6 is 23.2 Å². The molecule has 0 spiro atoms. The van der Waals surface area contributed by atoms with Crippen LogP contribution in [0.3, 0.4) is 0 Å². The van der Waals surface area contributed by atoms with E-state index in [0.29, 0.717) is 13.0 Å². The minimum absolute atomic E-state index is 0.0634. The summed E-state index contributed by atoms with van der Waals surface area (Å²) in [5.41, 5.74) is 0.720. The average Bonchev–Trinajstić information content (AvgIpc) is 2.25. The number of ether oxygens (including phenoxy) is 1. The summed E-state index contributed by atoms with van der Waals surface area (Å²) in [6.07, 6.45) is 0.687. The molecule has 1 aromatic rings. The molecule has 16 heavy (non-hydrogen) atoms. The summed E-state index contributed by atoms with van der Waals surface area (Å²) in [6.45, 7) is 2.12. The zero-order valence-corrected chi connectivity index (χ0v) is 10.3. The molecule has 0 heterocycles. The molecule has 5 heteroatoms. The number of phenolic OH excluding ortho intramolecular Hbond substituents is 1. The van der Waals surface area contributed by atoms with Gasteiger partial charge in [0.1, 0.15) is 10.8 Å². The number of rotatable bonds is 4. The number of carbonyl (C=O) groups excluding carboxylic acids is 1. The van der Waals surface area contributed by atoms with Gasteiger partial charge in [-0.05, 0) is 25.0 Å². The zero-order valence-electron chi connectivity index (χ0n) is 8.80. The van der Waals surface area contributed by atoms with Gasteiger partial charge in [-0.1, -0.05) is 29.3 Å². The maximum Gasteiger partial charge on any atom is 0.306 e. The molecule has 1 aromatic carbocycles. The average molecular weight is 263 g/mol. The summed E-state index contributed by atoms with van der Waals surface area (Å²) < 4.78 is 4.79. The van der Waals surface area contributed by atoms with E-state index in [9.17, 15) is 9.90 Å². The molecule has 0 radical (unpaired) electrons. The van der Waals surface area contributed by atoms with Crippen molar-refractivity contribution < 1.29 is 14.6 Å². The highest BCUT2D eigenvalue weighted by Gasteiger charge is 2.11. The highest BCUT2D eigenvalue weighted by atomic mass is 35.5. The molecule has 0 aliphatic rings. The van der Waals surface area contributed by atoms with Crippen molar-refractivity contribution >= 4 is 29.2 Å². The fourth-order valence-electron chi connectivity index (χ4n) is 1.24. The van der Waals surface area contributed by atoms with Gasteiger partial charge in [-0.2, -0.15) is 0 Å². The molecule has 1 rings (SSSR count). The second-order valence-electron chi connectivity index (χ2n) is 3.18. The van der Waals surface area contributed by atoms with Gasteiger partial charge in [-0.15, -0.1) is 0 Å². The molecular formula is C11H12Cl2O3. The van der Waals surface area contributed by atoms with Gasteiger partial charge < -0.3 is 9.84 Å². The lowest BCUT2D eigenvalue weighted by Crippen LogP contribution is -2.05. The van der Waals surface area contributed by atoms with Gasteiger partial charge in [0, 0.05) is 6.42 Å². The first kappa shape index (κ1) is 13.1. The Morgan fingerprint density at radius 3 is 2.69 bits per heavy atom. The van der Waals surface area contributed by atoms with Crippen molar-refractivity contribution in [2.45, 2.75) is 19.8 Å². The monoisotopic (exact) mass is 262 g/mol. The van der Waals surface area contributed by atoms with Crippen LogP contribution in [0.15, 0.2) is 12.1 Å². The van der Waals surface area contributed by atoms with Gasteiger partial charge in [0.05, 0.1) is 11.6 Å². The number of esters is 1. The zero-order chi connectivity index (χ0) is 12.1. The van der Waals surface area contributed by atoms with E-state index in [1.807, 2.05) is 0 Å².